The van der Waals surface area contributed by atoms with E-state index >= 15 is 0 Å². The van der Waals surface area contributed by atoms with Gasteiger partial charge < -0.3 is 19.3 Å². The molecule has 0 aromatic rings. The van der Waals surface area contributed by atoms with E-state index in [9.17, 15) is 14.2 Å². The standard InChI is InChI=1S/C43H79O8P/c1-3-5-7-9-11-13-15-16-17-18-19-20-21-22-23-24-25-26-28-30-32-34-36-38-43(45)51-41(40-50-52(46,47)48)39-49-42(44)37-35-33-31-29-27-14-12-10-8-6-4-2/h10,12,15-16,18-19,41H,3-9,11,13-14,17,20-40H2,1-2H3,(H2,46,47,48)/b12-10-,16-15-,19-18-. The minimum absolute atomic E-state index is 0.208. The molecule has 0 saturated carbocycles. The van der Waals surface area contributed by atoms with Crippen molar-refractivity contribution in [2.24, 2.45) is 0 Å². The molecule has 0 saturated heterocycles. The Hall–Kier alpha value is -1.73. The van der Waals surface area contributed by atoms with Gasteiger partial charge in [-0.15, -0.1) is 0 Å². The summed E-state index contributed by atoms with van der Waals surface area (Å²) in [6.07, 6.45) is 45.9. The van der Waals surface area contributed by atoms with Gasteiger partial charge in [-0.05, 0) is 64.2 Å². The normalized spacial score (nSPS) is 12.8. The Labute approximate surface area is 319 Å². The average molecular weight is 755 g/mol. The molecule has 0 aliphatic heterocycles. The fourth-order valence-corrected chi connectivity index (χ4v) is 6.27. The topological polar surface area (TPSA) is 119 Å². The van der Waals surface area contributed by atoms with E-state index < -0.39 is 32.5 Å². The summed E-state index contributed by atoms with van der Waals surface area (Å²) >= 11 is 0. The molecule has 0 amide bonds. The van der Waals surface area contributed by atoms with E-state index in [0.717, 1.165) is 64.2 Å². The summed E-state index contributed by atoms with van der Waals surface area (Å²) in [4.78, 5) is 42.8. The molecular formula is C43H79O8P. The highest BCUT2D eigenvalue weighted by molar-refractivity contribution is 7.46. The van der Waals surface area contributed by atoms with Gasteiger partial charge in [-0.2, -0.15) is 0 Å². The smallest absolute Gasteiger partial charge is 0.462 e. The zero-order valence-electron chi connectivity index (χ0n) is 33.5. The number of phosphoric acid groups is 1. The molecule has 0 rings (SSSR count). The van der Waals surface area contributed by atoms with Gasteiger partial charge in [0.05, 0.1) is 6.61 Å². The van der Waals surface area contributed by atoms with E-state index in [1.54, 1.807) is 0 Å². The third-order valence-corrected chi connectivity index (χ3v) is 9.62. The number of hydrogen-bond acceptors (Lipinski definition) is 6. The molecular weight excluding hydrogens is 675 g/mol. The lowest BCUT2D eigenvalue weighted by Gasteiger charge is -2.18. The molecule has 0 spiro atoms. The molecule has 1 unspecified atom stereocenters. The maximum absolute atomic E-state index is 12.4. The Kier molecular flexibility index (Phi) is 37.7. The quantitative estimate of drug-likeness (QED) is 0.0275. The Morgan fingerprint density at radius 2 is 0.885 bits per heavy atom. The van der Waals surface area contributed by atoms with Crippen LogP contribution in [0.4, 0.5) is 0 Å². The van der Waals surface area contributed by atoms with Crippen LogP contribution in [0.1, 0.15) is 206 Å². The molecule has 0 heterocycles. The Morgan fingerprint density at radius 1 is 0.500 bits per heavy atom. The number of ether oxygens (including phenoxy) is 2. The SMILES string of the molecule is CCCC/C=C\CCCCCCCC(=O)OCC(COP(=O)(O)O)OC(=O)CCCCCCCCCCCCC/C=C\C/C=C\CCCCCCC. The summed E-state index contributed by atoms with van der Waals surface area (Å²) in [5.74, 6) is -0.896. The lowest BCUT2D eigenvalue weighted by molar-refractivity contribution is -0.161. The predicted octanol–water partition coefficient (Wildman–Crippen LogP) is 13.0. The summed E-state index contributed by atoms with van der Waals surface area (Å²) in [5.41, 5.74) is 0. The number of carbonyl (C=O) groups excluding carboxylic acids is 2. The number of carbonyl (C=O) groups is 2. The molecule has 2 N–H and O–H groups in total. The molecule has 1 atom stereocenters. The average Bonchev–Trinajstić information content (AvgIpc) is 3.11. The van der Waals surface area contributed by atoms with E-state index in [0.29, 0.717) is 12.8 Å². The molecule has 0 aliphatic rings. The Morgan fingerprint density at radius 3 is 1.35 bits per heavy atom. The van der Waals surface area contributed by atoms with Crippen LogP contribution in [0, 0.1) is 0 Å². The zero-order valence-corrected chi connectivity index (χ0v) is 34.4. The summed E-state index contributed by atoms with van der Waals surface area (Å²) in [6, 6.07) is 0. The van der Waals surface area contributed by atoms with Crippen LogP contribution >= 0.6 is 7.82 Å². The van der Waals surface area contributed by atoms with E-state index in [-0.39, 0.29) is 19.4 Å². The second-order valence-corrected chi connectivity index (χ2v) is 15.5. The third-order valence-electron chi connectivity index (χ3n) is 9.13. The fraction of sp³-hybridized carbons (Fsp3) is 0.814. The van der Waals surface area contributed by atoms with Gasteiger partial charge in [0.15, 0.2) is 6.10 Å². The van der Waals surface area contributed by atoms with Crippen LogP contribution in [0.5, 0.6) is 0 Å². The summed E-state index contributed by atoms with van der Waals surface area (Å²) in [6.45, 7) is 3.63. The van der Waals surface area contributed by atoms with Gasteiger partial charge in [-0.3, -0.25) is 14.1 Å². The minimum Gasteiger partial charge on any atom is -0.462 e. The molecule has 304 valence electrons. The summed E-state index contributed by atoms with van der Waals surface area (Å²) in [7, 11) is -4.75. The monoisotopic (exact) mass is 755 g/mol. The lowest BCUT2D eigenvalue weighted by atomic mass is 10.0. The number of allylic oxidation sites excluding steroid dienone is 6. The maximum Gasteiger partial charge on any atom is 0.469 e. The minimum atomic E-state index is -4.75. The molecule has 9 heteroatoms. The number of phosphoric ester groups is 1. The van der Waals surface area contributed by atoms with Crippen molar-refractivity contribution in [3.63, 3.8) is 0 Å². The van der Waals surface area contributed by atoms with Crippen molar-refractivity contribution in [2.75, 3.05) is 13.2 Å². The molecule has 0 aromatic carbocycles. The van der Waals surface area contributed by atoms with Gasteiger partial charge in [-0.25, -0.2) is 4.57 Å². The fourth-order valence-electron chi connectivity index (χ4n) is 5.91. The van der Waals surface area contributed by atoms with Crippen molar-refractivity contribution in [3.8, 4) is 0 Å². The van der Waals surface area contributed by atoms with Gasteiger partial charge in [0, 0.05) is 12.8 Å². The number of rotatable bonds is 39. The molecule has 0 aliphatic carbocycles. The second-order valence-electron chi connectivity index (χ2n) is 14.3. The number of unbranched alkanes of at least 4 members (excludes halogenated alkanes) is 23. The van der Waals surface area contributed by atoms with Crippen molar-refractivity contribution < 1.29 is 37.9 Å². The first-order chi connectivity index (χ1) is 25.3. The summed E-state index contributed by atoms with van der Waals surface area (Å²) < 4.78 is 26.3. The van der Waals surface area contributed by atoms with Crippen LogP contribution < -0.4 is 0 Å². The first-order valence-corrected chi connectivity index (χ1v) is 22.8. The van der Waals surface area contributed by atoms with Gasteiger partial charge >= 0.3 is 19.8 Å². The number of hydrogen-bond donors (Lipinski definition) is 2. The van der Waals surface area contributed by atoms with Crippen LogP contribution in [-0.2, 0) is 28.2 Å². The van der Waals surface area contributed by atoms with Crippen LogP contribution in [0.3, 0.4) is 0 Å². The van der Waals surface area contributed by atoms with Crippen LogP contribution in [-0.4, -0.2) is 41.0 Å². The van der Waals surface area contributed by atoms with Gasteiger partial charge in [-0.1, -0.05) is 166 Å². The van der Waals surface area contributed by atoms with Crippen LogP contribution in [0.2, 0.25) is 0 Å². The van der Waals surface area contributed by atoms with Crippen molar-refractivity contribution in [3.05, 3.63) is 36.5 Å². The third kappa shape index (κ3) is 41.0. The van der Waals surface area contributed by atoms with E-state index in [1.165, 1.54) is 103 Å². The van der Waals surface area contributed by atoms with Crippen molar-refractivity contribution >= 4 is 19.8 Å². The largest absolute Gasteiger partial charge is 0.469 e. The van der Waals surface area contributed by atoms with Gasteiger partial charge in [0.1, 0.15) is 6.61 Å². The highest BCUT2D eigenvalue weighted by Gasteiger charge is 2.22. The Bertz CT molecular complexity index is 941. The molecule has 0 fully saturated rings. The predicted molar refractivity (Wildman–Crippen MR) is 216 cm³/mol. The zero-order chi connectivity index (χ0) is 38.2. The van der Waals surface area contributed by atoms with Crippen molar-refractivity contribution in [1.29, 1.82) is 0 Å². The van der Waals surface area contributed by atoms with Crippen LogP contribution in [0.15, 0.2) is 36.5 Å². The van der Waals surface area contributed by atoms with Crippen LogP contribution in [0.25, 0.3) is 0 Å². The van der Waals surface area contributed by atoms with Crippen molar-refractivity contribution in [2.45, 2.75) is 213 Å². The van der Waals surface area contributed by atoms with E-state index in [2.05, 4.69) is 54.8 Å². The maximum atomic E-state index is 12.4. The first kappa shape index (κ1) is 50.3. The van der Waals surface area contributed by atoms with Gasteiger partial charge in [0.2, 0.25) is 0 Å². The second kappa shape index (κ2) is 39.0. The molecule has 0 bridgehead atoms. The Balaban J connectivity index is 3.85. The first-order valence-electron chi connectivity index (χ1n) is 21.3. The lowest BCUT2D eigenvalue weighted by Crippen LogP contribution is -2.29. The van der Waals surface area contributed by atoms with E-state index in [4.69, 9.17) is 19.3 Å². The van der Waals surface area contributed by atoms with Gasteiger partial charge in [0.25, 0.3) is 0 Å². The van der Waals surface area contributed by atoms with Crippen molar-refractivity contribution in [1.82, 2.24) is 0 Å². The molecule has 8 nitrogen and oxygen atoms in total. The molecule has 0 aromatic heterocycles. The molecule has 52 heavy (non-hydrogen) atoms. The number of esters is 2. The van der Waals surface area contributed by atoms with E-state index in [1.807, 2.05) is 0 Å². The summed E-state index contributed by atoms with van der Waals surface area (Å²) in [5, 5.41) is 0. The molecule has 0 radical (unpaired) electrons. The highest BCUT2D eigenvalue weighted by Crippen LogP contribution is 2.36. The highest BCUT2D eigenvalue weighted by atomic mass is 31.2.